The summed E-state index contributed by atoms with van der Waals surface area (Å²) >= 11 is 5.37. The van der Waals surface area contributed by atoms with Crippen LogP contribution in [-0.4, -0.2) is 29.0 Å². The van der Waals surface area contributed by atoms with Crippen molar-refractivity contribution in [2.75, 3.05) is 0 Å². The summed E-state index contributed by atoms with van der Waals surface area (Å²) in [4.78, 5) is 25.7. The fraction of sp³-hybridized carbons (Fsp3) is 0.870. The molecule has 4 N–H and O–H groups in total. The number of hydrogen-bond acceptors (Lipinski definition) is 3. The van der Waals surface area contributed by atoms with Crippen molar-refractivity contribution in [2.24, 2.45) is 35.0 Å². The molecule has 0 unspecified atom stereocenters. The Morgan fingerprint density at radius 2 is 1.57 bits per heavy atom. The molecular weight excluding hydrogens is 396 g/mol. The van der Waals surface area contributed by atoms with E-state index in [-0.39, 0.29) is 17.2 Å². The smallest absolute Gasteiger partial charge is 0.260 e. The lowest BCUT2D eigenvalue weighted by Crippen LogP contribution is -2.59. The monoisotopic (exact) mass is 434 g/mol. The topological polar surface area (TPSA) is 82.3 Å². The molecule has 0 radical (unpaired) electrons. The molecule has 2 amide bonds. The van der Waals surface area contributed by atoms with Crippen LogP contribution in [0.25, 0.3) is 0 Å². The molecule has 0 spiro atoms. The first-order chi connectivity index (χ1) is 14.3. The second kappa shape index (κ2) is 8.64. The van der Waals surface area contributed by atoms with Gasteiger partial charge < -0.3 is 10.6 Å². The molecule has 5 fully saturated rings. The SMILES string of the molecule is C[C@@H]1[C@H](C)CCC[C@@H]1NC(=S)NNC(=O)[C@H](C)NC(=O)C12CC3CC(CC(C3)C1)C2. The molecule has 168 valence electrons. The molecule has 0 aromatic carbocycles. The zero-order valence-electron chi connectivity index (χ0n) is 18.6. The summed E-state index contributed by atoms with van der Waals surface area (Å²) in [5.74, 6) is 3.17. The highest BCUT2D eigenvalue weighted by molar-refractivity contribution is 7.80. The van der Waals surface area contributed by atoms with Gasteiger partial charge in [0, 0.05) is 11.5 Å². The standard InChI is InChI=1S/C23H38N4O2S/c1-13-5-4-6-19(14(13)2)25-22(30)27-26-20(28)15(3)24-21(29)23-10-16-7-17(11-23)9-18(8-16)12-23/h13-19H,4-12H2,1-3H3,(H,24,29)(H,26,28)(H2,25,27,30)/t13-,14-,15+,16?,17?,18?,19+,23?/m1/s1. The molecule has 0 aromatic rings. The van der Waals surface area contributed by atoms with Crippen LogP contribution in [0.15, 0.2) is 0 Å². The fourth-order valence-corrected chi connectivity index (χ4v) is 7.22. The third kappa shape index (κ3) is 4.46. The van der Waals surface area contributed by atoms with Gasteiger partial charge in [-0.3, -0.25) is 20.4 Å². The first-order valence-corrected chi connectivity index (χ1v) is 12.3. The van der Waals surface area contributed by atoms with E-state index < -0.39 is 6.04 Å². The Morgan fingerprint density at radius 1 is 0.967 bits per heavy atom. The minimum absolute atomic E-state index is 0.0787. The Morgan fingerprint density at radius 3 is 2.17 bits per heavy atom. The Hall–Kier alpha value is -1.37. The average Bonchev–Trinajstić information content (AvgIpc) is 2.68. The van der Waals surface area contributed by atoms with Gasteiger partial charge in [-0.25, -0.2) is 0 Å². The van der Waals surface area contributed by atoms with Crippen molar-refractivity contribution in [3.63, 3.8) is 0 Å². The molecule has 0 aromatic heterocycles. The molecule has 5 aliphatic rings. The number of thiocarbonyl (C=S) groups is 1. The van der Waals surface area contributed by atoms with Crippen molar-refractivity contribution in [1.29, 1.82) is 0 Å². The van der Waals surface area contributed by atoms with E-state index in [2.05, 4.69) is 35.3 Å². The zero-order valence-corrected chi connectivity index (χ0v) is 19.4. The van der Waals surface area contributed by atoms with Crippen molar-refractivity contribution in [1.82, 2.24) is 21.5 Å². The van der Waals surface area contributed by atoms with Crippen molar-refractivity contribution < 1.29 is 9.59 Å². The van der Waals surface area contributed by atoms with Crippen LogP contribution in [0, 0.1) is 35.0 Å². The van der Waals surface area contributed by atoms with Gasteiger partial charge in [-0.15, -0.1) is 0 Å². The lowest BCUT2D eigenvalue weighted by Gasteiger charge is -2.55. The van der Waals surface area contributed by atoms with E-state index in [0.717, 1.165) is 25.7 Å². The maximum absolute atomic E-state index is 13.1. The van der Waals surface area contributed by atoms with Gasteiger partial charge in [0.2, 0.25) is 5.91 Å². The second-order valence-corrected chi connectivity index (χ2v) is 11.3. The lowest BCUT2D eigenvalue weighted by atomic mass is 9.49. The predicted molar refractivity (Wildman–Crippen MR) is 121 cm³/mol. The maximum atomic E-state index is 13.1. The Bertz CT molecular complexity index is 661. The molecule has 4 bridgehead atoms. The van der Waals surface area contributed by atoms with Gasteiger partial charge in [-0.05, 0) is 93.7 Å². The average molecular weight is 435 g/mol. The van der Waals surface area contributed by atoms with Crippen LogP contribution in [-0.2, 0) is 9.59 Å². The third-order valence-electron chi connectivity index (χ3n) is 8.58. The molecular formula is C23H38N4O2S. The van der Waals surface area contributed by atoms with Crippen LogP contribution in [0.1, 0.15) is 78.6 Å². The predicted octanol–water partition coefficient (Wildman–Crippen LogP) is 3.03. The third-order valence-corrected chi connectivity index (χ3v) is 8.80. The van der Waals surface area contributed by atoms with Gasteiger partial charge >= 0.3 is 0 Å². The quantitative estimate of drug-likeness (QED) is 0.404. The summed E-state index contributed by atoms with van der Waals surface area (Å²) < 4.78 is 0. The fourth-order valence-electron chi connectivity index (χ4n) is 7.02. The van der Waals surface area contributed by atoms with E-state index in [0.29, 0.717) is 40.7 Å². The lowest BCUT2D eigenvalue weighted by molar-refractivity contribution is -0.148. The van der Waals surface area contributed by atoms with Crippen LogP contribution in [0.5, 0.6) is 0 Å². The van der Waals surface area contributed by atoms with E-state index in [9.17, 15) is 9.59 Å². The van der Waals surface area contributed by atoms with Crippen molar-refractivity contribution in [3.05, 3.63) is 0 Å². The van der Waals surface area contributed by atoms with Gasteiger partial charge in [0.05, 0.1) is 0 Å². The van der Waals surface area contributed by atoms with E-state index >= 15 is 0 Å². The normalized spacial score (nSPS) is 40.4. The summed E-state index contributed by atoms with van der Waals surface area (Å²) in [6.45, 7) is 6.28. The Labute approximate surface area is 186 Å². The minimum Gasteiger partial charge on any atom is -0.358 e. The van der Waals surface area contributed by atoms with Crippen molar-refractivity contribution in [3.8, 4) is 0 Å². The molecule has 30 heavy (non-hydrogen) atoms. The zero-order chi connectivity index (χ0) is 21.5. The number of amides is 2. The number of carbonyl (C=O) groups is 2. The molecule has 5 saturated carbocycles. The summed E-state index contributed by atoms with van der Waals surface area (Å²) in [6.07, 6.45) is 10.5. The molecule has 6 nitrogen and oxygen atoms in total. The van der Waals surface area contributed by atoms with Gasteiger partial charge in [-0.2, -0.15) is 0 Å². The van der Waals surface area contributed by atoms with Gasteiger partial charge in [0.1, 0.15) is 6.04 Å². The molecule has 0 aliphatic heterocycles. The number of carbonyl (C=O) groups excluding carboxylic acids is 2. The highest BCUT2D eigenvalue weighted by atomic mass is 32.1. The second-order valence-electron chi connectivity index (χ2n) is 10.9. The van der Waals surface area contributed by atoms with Crippen LogP contribution in [0.4, 0.5) is 0 Å². The van der Waals surface area contributed by atoms with E-state index in [1.165, 1.54) is 32.1 Å². The van der Waals surface area contributed by atoms with Crippen molar-refractivity contribution >= 4 is 29.1 Å². The van der Waals surface area contributed by atoms with Crippen molar-refractivity contribution in [2.45, 2.75) is 90.6 Å². The number of hydrazine groups is 1. The number of nitrogens with one attached hydrogen (secondary N) is 4. The molecule has 4 atom stereocenters. The van der Waals surface area contributed by atoms with Gasteiger partial charge in [0.15, 0.2) is 5.11 Å². The van der Waals surface area contributed by atoms with E-state index in [4.69, 9.17) is 12.2 Å². The molecule has 0 saturated heterocycles. The molecule has 0 heterocycles. The summed E-state index contributed by atoms with van der Waals surface area (Å²) in [6, 6.07) is -0.256. The highest BCUT2D eigenvalue weighted by Gasteiger charge is 2.54. The molecule has 5 aliphatic carbocycles. The van der Waals surface area contributed by atoms with E-state index in [1.807, 2.05) is 0 Å². The number of rotatable bonds is 4. The highest BCUT2D eigenvalue weighted by Crippen LogP contribution is 2.60. The van der Waals surface area contributed by atoms with Crippen LogP contribution >= 0.6 is 12.2 Å². The first-order valence-electron chi connectivity index (χ1n) is 11.9. The largest absolute Gasteiger partial charge is 0.358 e. The molecule has 5 rings (SSSR count). The minimum atomic E-state index is -0.588. The summed E-state index contributed by atoms with van der Waals surface area (Å²) in [5.41, 5.74) is 5.26. The van der Waals surface area contributed by atoms with Crippen LogP contribution in [0.3, 0.4) is 0 Å². The van der Waals surface area contributed by atoms with Crippen LogP contribution in [0.2, 0.25) is 0 Å². The first kappa shape index (κ1) is 21.8. The van der Waals surface area contributed by atoms with Crippen LogP contribution < -0.4 is 21.5 Å². The molecule has 7 heteroatoms. The van der Waals surface area contributed by atoms with Gasteiger partial charge in [0.25, 0.3) is 5.91 Å². The maximum Gasteiger partial charge on any atom is 0.260 e. The van der Waals surface area contributed by atoms with E-state index in [1.54, 1.807) is 6.92 Å². The van der Waals surface area contributed by atoms with Gasteiger partial charge in [-0.1, -0.05) is 26.7 Å². The Balaban J connectivity index is 1.23. The summed E-state index contributed by atoms with van der Waals surface area (Å²) in [5, 5.41) is 6.78. The Kier molecular flexibility index (Phi) is 6.29. The summed E-state index contributed by atoms with van der Waals surface area (Å²) in [7, 11) is 0. The number of hydrogen-bond donors (Lipinski definition) is 4.